The lowest BCUT2D eigenvalue weighted by atomic mass is 10.2. The lowest BCUT2D eigenvalue weighted by Gasteiger charge is -2.06. The molecule has 3 rings (SSSR count). The third kappa shape index (κ3) is 2.27. The first kappa shape index (κ1) is 11.6. The van der Waals surface area contributed by atoms with Gasteiger partial charge in [0.05, 0.1) is 11.0 Å². The summed E-state index contributed by atoms with van der Waals surface area (Å²) in [5.74, 6) is 0.132. The van der Waals surface area contributed by atoms with Crippen LogP contribution in [0.15, 0.2) is 42.7 Å². The van der Waals surface area contributed by atoms with E-state index in [1.807, 2.05) is 16.7 Å². The number of pyridine rings is 1. The largest absolute Gasteiger partial charge is 0.369 e. The number of imidazole rings is 1. The van der Waals surface area contributed by atoms with Gasteiger partial charge in [-0.15, -0.1) is 0 Å². The molecule has 0 aliphatic rings. The number of rotatable bonds is 3. The van der Waals surface area contributed by atoms with Crippen molar-refractivity contribution in [1.29, 1.82) is 0 Å². The van der Waals surface area contributed by atoms with Crippen molar-refractivity contribution >= 4 is 17.0 Å². The van der Waals surface area contributed by atoms with Gasteiger partial charge in [-0.05, 0) is 42.3 Å². The summed E-state index contributed by atoms with van der Waals surface area (Å²) in [5, 5.41) is 0. The molecule has 0 fully saturated rings. The molecule has 0 atom stereocenters. The number of nitrogens with zero attached hydrogens (tertiary/aromatic N) is 3. The van der Waals surface area contributed by atoms with Crippen LogP contribution in [-0.4, -0.2) is 14.5 Å². The molecular weight excluding hydrogens is 243 g/mol. The first-order valence-electron chi connectivity index (χ1n) is 6.04. The molecule has 19 heavy (non-hydrogen) atoms. The predicted molar refractivity (Wildman–Crippen MR) is 72.0 cm³/mol. The van der Waals surface area contributed by atoms with Gasteiger partial charge in [0.2, 0.25) is 5.95 Å². The molecule has 4 nitrogen and oxygen atoms in total. The molecule has 5 heteroatoms. The number of nitrogens with two attached hydrogens (primary N) is 1. The van der Waals surface area contributed by atoms with E-state index in [1.165, 1.54) is 12.1 Å². The van der Waals surface area contributed by atoms with Crippen LogP contribution in [0.3, 0.4) is 0 Å². The number of hydrogen-bond donors (Lipinski definition) is 1. The minimum Gasteiger partial charge on any atom is -0.369 e. The van der Waals surface area contributed by atoms with E-state index in [0.717, 1.165) is 17.5 Å². The van der Waals surface area contributed by atoms with E-state index in [4.69, 9.17) is 5.73 Å². The molecule has 0 spiro atoms. The first-order chi connectivity index (χ1) is 9.24. The van der Waals surface area contributed by atoms with Crippen molar-refractivity contribution in [2.45, 2.75) is 13.0 Å². The van der Waals surface area contributed by atoms with Crippen molar-refractivity contribution in [3.8, 4) is 0 Å². The highest BCUT2D eigenvalue weighted by atomic mass is 19.1. The quantitative estimate of drug-likeness (QED) is 0.782. The second-order valence-electron chi connectivity index (χ2n) is 4.36. The van der Waals surface area contributed by atoms with Gasteiger partial charge in [0.25, 0.3) is 0 Å². The maximum absolute atomic E-state index is 13.3. The minimum atomic E-state index is -0.280. The van der Waals surface area contributed by atoms with Crippen molar-refractivity contribution in [3.05, 3.63) is 54.1 Å². The van der Waals surface area contributed by atoms with Crippen molar-refractivity contribution in [2.24, 2.45) is 0 Å². The summed E-state index contributed by atoms with van der Waals surface area (Å²) in [6.07, 6.45) is 4.31. The second-order valence-corrected chi connectivity index (χ2v) is 4.36. The number of anilines is 1. The third-order valence-electron chi connectivity index (χ3n) is 3.11. The monoisotopic (exact) mass is 256 g/mol. The van der Waals surface area contributed by atoms with Gasteiger partial charge in [-0.1, -0.05) is 0 Å². The Hall–Kier alpha value is -2.43. The lowest BCUT2D eigenvalue weighted by molar-refractivity contribution is 0.627. The summed E-state index contributed by atoms with van der Waals surface area (Å²) in [6.45, 7) is 0.663. The van der Waals surface area contributed by atoms with Crippen molar-refractivity contribution in [3.63, 3.8) is 0 Å². The highest BCUT2D eigenvalue weighted by Gasteiger charge is 2.08. The summed E-state index contributed by atoms with van der Waals surface area (Å²) in [4.78, 5) is 8.20. The van der Waals surface area contributed by atoms with E-state index < -0.39 is 0 Å². The zero-order chi connectivity index (χ0) is 13.2. The Balaban J connectivity index is 1.92. The topological polar surface area (TPSA) is 56.7 Å². The number of halogens is 1. The maximum Gasteiger partial charge on any atom is 0.201 e. The Morgan fingerprint density at radius 2 is 1.95 bits per heavy atom. The fourth-order valence-electron chi connectivity index (χ4n) is 2.14. The van der Waals surface area contributed by atoms with Crippen molar-refractivity contribution < 1.29 is 4.39 Å². The summed E-state index contributed by atoms with van der Waals surface area (Å²) in [6, 6.07) is 8.41. The summed E-state index contributed by atoms with van der Waals surface area (Å²) < 4.78 is 15.1. The number of nitrogen functional groups attached to an aromatic ring is 1. The molecule has 0 saturated carbocycles. The van der Waals surface area contributed by atoms with E-state index in [9.17, 15) is 4.39 Å². The van der Waals surface area contributed by atoms with Crippen molar-refractivity contribution in [2.75, 3.05) is 5.73 Å². The van der Waals surface area contributed by atoms with Crippen LogP contribution < -0.4 is 5.73 Å². The van der Waals surface area contributed by atoms with Crippen LogP contribution >= 0.6 is 0 Å². The van der Waals surface area contributed by atoms with E-state index in [-0.39, 0.29) is 5.82 Å². The van der Waals surface area contributed by atoms with Gasteiger partial charge in [0, 0.05) is 18.9 Å². The van der Waals surface area contributed by atoms with Crippen LogP contribution in [0.4, 0.5) is 10.3 Å². The van der Waals surface area contributed by atoms with Crippen LogP contribution in [0.1, 0.15) is 5.56 Å². The highest BCUT2D eigenvalue weighted by molar-refractivity contribution is 5.78. The van der Waals surface area contributed by atoms with E-state index in [2.05, 4.69) is 9.97 Å². The number of hydrogen-bond acceptors (Lipinski definition) is 3. The first-order valence-corrected chi connectivity index (χ1v) is 6.04. The molecule has 0 aliphatic carbocycles. The van der Waals surface area contributed by atoms with Crippen LogP contribution in [0.5, 0.6) is 0 Å². The van der Waals surface area contributed by atoms with E-state index >= 15 is 0 Å². The second kappa shape index (κ2) is 4.68. The van der Waals surface area contributed by atoms with Gasteiger partial charge in [-0.25, -0.2) is 9.37 Å². The minimum absolute atomic E-state index is 0.280. The smallest absolute Gasteiger partial charge is 0.201 e. The van der Waals surface area contributed by atoms with E-state index in [0.29, 0.717) is 18.0 Å². The molecule has 0 unspecified atom stereocenters. The van der Waals surface area contributed by atoms with Gasteiger partial charge in [-0.3, -0.25) is 4.98 Å². The SMILES string of the molecule is Nc1nc2ccc(F)cc2n1CCc1ccncc1. The van der Waals surface area contributed by atoms with Crippen LogP contribution in [0, 0.1) is 5.82 Å². The maximum atomic E-state index is 13.3. The Bertz CT molecular complexity index is 706. The molecule has 2 N–H and O–H groups in total. The van der Waals surface area contributed by atoms with Gasteiger partial charge >= 0.3 is 0 Å². The molecule has 2 aromatic heterocycles. The fourth-order valence-corrected chi connectivity index (χ4v) is 2.14. The summed E-state index contributed by atoms with van der Waals surface area (Å²) >= 11 is 0. The highest BCUT2D eigenvalue weighted by Crippen LogP contribution is 2.19. The summed E-state index contributed by atoms with van der Waals surface area (Å²) in [5.41, 5.74) is 8.49. The zero-order valence-electron chi connectivity index (χ0n) is 10.3. The molecule has 0 amide bonds. The van der Waals surface area contributed by atoms with Gasteiger partial charge in [0.1, 0.15) is 5.82 Å². The normalized spacial score (nSPS) is 11.0. The molecule has 0 saturated heterocycles. The van der Waals surface area contributed by atoms with Gasteiger partial charge < -0.3 is 10.3 Å². The lowest BCUT2D eigenvalue weighted by Crippen LogP contribution is -2.05. The Morgan fingerprint density at radius 1 is 1.16 bits per heavy atom. The molecule has 3 aromatic rings. The molecule has 96 valence electrons. The number of benzene rings is 1. The number of fused-ring (bicyclic) bond motifs is 1. The van der Waals surface area contributed by atoms with Gasteiger partial charge in [-0.2, -0.15) is 0 Å². The van der Waals surface area contributed by atoms with E-state index in [1.54, 1.807) is 18.5 Å². The Labute approximate surface area is 109 Å². The molecule has 0 bridgehead atoms. The number of aromatic nitrogens is 3. The Kier molecular flexibility index (Phi) is 2.87. The predicted octanol–water partition coefficient (Wildman–Crippen LogP) is 2.40. The fraction of sp³-hybridized carbons (Fsp3) is 0.143. The molecule has 0 aliphatic heterocycles. The average Bonchev–Trinajstić information content (AvgIpc) is 2.73. The summed E-state index contributed by atoms with van der Waals surface area (Å²) in [7, 11) is 0. The molecule has 2 heterocycles. The Morgan fingerprint density at radius 3 is 2.74 bits per heavy atom. The standard InChI is InChI=1S/C14H13FN4/c15-11-1-2-12-13(9-11)19(14(16)18-12)8-5-10-3-6-17-7-4-10/h1-4,6-7,9H,5,8H2,(H2,16,18). The molecule has 1 aromatic carbocycles. The molecule has 0 radical (unpaired) electrons. The number of aryl methyl sites for hydroxylation is 2. The van der Waals surface area contributed by atoms with Crippen LogP contribution in [0.25, 0.3) is 11.0 Å². The van der Waals surface area contributed by atoms with Crippen LogP contribution in [-0.2, 0) is 13.0 Å². The molecular formula is C14H13FN4. The average molecular weight is 256 g/mol. The third-order valence-corrected chi connectivity index (χ3v) is 3.11. The zero-order valence-corrected chi connectivity index (χ0v) is 10.3. The van der Waals surface area contributed by atoms with Gasteiger partial charge in [0.15, 0.2) is 0 Å². The van der Waals surface area contributed by atoms with Crippen LogP contribution in [0.2, 0.25) is 0 Å². The van der Waals surface area contributed by atoms with Crippen molar-refractivity contribution in [1.82, 2.24) is 14.5 Å².